The van der Waals surface area contributed by atoms with Crippen molar-refractivity contribution in [3.63, 3.8) is 0 Å². The van der Waals surface area contributed by atoms with Crippen molar-refractivity contribution in [3.8, 4) is 5.75 Å². The number of benzene rings is 1. The summed E-state index contributed by atoms with van der Waals surface area (Å²) in [7, 11) is 1.74. The largest absolute Gasteiger partial charge is 0.486 e. The quantitative estimate of drug-likeness (QED) is 0.870. The number of para-hydroxylation sites is 1. The molecule has 2 rings (SSSR count). The molecule has 0 aliphatic carbocycles. The molecule has 2 unspecified atom stereocenters. The Balaban J connectivity index is 2.06. The van der Waals surface area contributed by atoms with Gasteiger partial charge >= 0.3 is 0 Å². The summed E-state index contributed by atoms with van der Waals surface area (Å²) in [4.78, 5) is 0. The molecule has 3 nitrogen and oxygen atoms in total. The lowest BCUT2D eigenvalue weighted by Crippen LogP contribution is -2.41. The summed E-state index contributed by atoms with van der Waals surface area (Å²) in [5.41, 5.74) is 1.06. The highest BCUT2D eigenvalue weighted by atomic mass is 16.5. The first-order valence-electron chi connectivity index (χ1n) is 6.55. The first-order chi connectivity index (χ1) is 8.54. The average molecular weight is 249 g/mol. The van der Waals surface area contributed by atoms with Crippen LogP contribution in [0.15, 0.2) is 24.3 Å². The van der Waals surface area contributed by atoms with Crippen LogP contribution in [-0.4, -0.2) is 25.9 Å². The molecule has 0 saturated heterocycles. The standard InChI is InChI=1S/C15H23NO2/c1-11(10-17-4)9-16-14-12-7-5-6-8-13(12)18-15(14,2)3/h5-8,11,14,16H,9-10H2,1-4H3. The Kier molecular flexibility index (Phi) is 3.93. The SMILES string of the molecule is COCC(C)CNC1c2ccccc2OC1(C)C. The highest BCUT2D eigenvalue weighted by molar-refractivity contribution is 5.42. The molecule has 0 fully saturated rings. The number of methoxy groups -OCH3 is 1. The van der Waals surface area contributed by atoms with Gasteiger partial charge in [0.15, 0.2) is 0 Å². The molecule has 100 valence electrons. The van der Waals surface area contributed by atoms with Crippen LogP contribution in [0, 0.1) is 5.92 Å². The molecule has 1 aromatic carbocycles. The van der Waals surface area contributed by atoms with E-state index in [-0.39, 0.29) is 11.6 Å². The third-order valence-corrected chi connectivity index (χ3v) is 3.42. The van der Waals surface area contributed by atoms with E-state index in [4.69, 9.17) is 9.47 Å². The monoisotopic (exact) mass is 249 g/mol. The minimum absolute atomic E-state index is 0.198. The fraction of sp³-hybridized carbons (Fsp3) is 0.600. The predicted octanol–water partition coefficient (Wildman–Crippen LogP) is 2.77. The van der Waals surface area contributed by atoms with Crippen molar-refractivity contribution in [1.82, 2.24) is 5.32 Å². The molecule has 0 spiro atoms. The van der Waals surface area contributed by atoms with Gasteiger partial charge in [-0.25, -0.2) is 0 Å². The summed E-state index contributed by atoms with van der Waals surface area (Å²) >= 11 is 0. The van der Waals surface area contributed by atoms with Crippen molar-refractivity contribution >= 4 is 0 Å². The van der Waals surface area contributed by atoms with Crippen molar-refractivity contribution < 1.29 is 9.47 Å². The van der Waals surface area contributed by atoms with Crippen LogP contribution in [-0.2, 0) is 4.74 Å². The van der Waals surface area contributed by atoms with Gasteiger partial charge in [0.25, 0.3) is 0 Å². The number of hydrogen-bond donors (Lipinski definition) is 1. The third kappa shape index (κ3) is 2.68. The molecule has 1 heterocycles. The second-order valence-corrected chi connectivity index (χ2v) is 5.65. The molecule has 0 radical (unpaired) electrons. The van der Waals surface area contributed by atoms with Crippen LogP contribution >= 0.6 is 0 Å². The van der Waals surface area contributed by atoms with E-state index in [1.54, 1.807) is 7.11 Å². The fourth-order valence-electron chi connectivity index (χ4n) is 2.55. The molecule has 1 N–H and O–H groups in total. The van der Waals surface area contributed by atoms with Crippen LogP contribution < -0.4 is 10.1 Å². The Hall–Kier alpha value is -1.06. The summed E-state index contributed by atoms with van der Waals surface area (Å²) in [5, 5.41) is 3.61. The van der Waals surface area contributed by atoms with Crippen LogP contribution in [0.2, 0.25) is 0 Å². The zero-order valence-electron chi connectivity index (χ0n) is 11.7. The molecular weight excluding hydrogens is 226 g/mol. The predicted molar refractivity (Wildman–Crippen MR) is 72.9 cm³/mol. The van der Waals surface area contributed by atoms with Crippen LogP contribution in [0.5, 0.6) is 5.75 Å². The topological polar surface area (TPSA) is 30.5 Å². The van der Waals surface area contributed by atoms with E-state index in [0.29, 0.717) is 5.92 Å². The van der Waals surface area contributed by atoms with Gasteiger partial charge in [-0.2, -0.15) is 0 Å². The number of ether oxygens (including phenoxy) is 2. The summed E-state index contributed by atoms with van der Waals surface area (Å²) in [6.07, 6.45) is 0. The molecule has 0 amide bonds. The molecule has 0 bridgehead atoms. The lowest BCUT2D eigenvalue weighted by Gasteiger charge is -2.28. The summed E-state index contributed by atoms with van der Waals surface area (Å²) in [6, 6.07) is 8.51. The summed E-state index contributed by atoms with van der Waals surface area (Å²) < 4.78 is 11.2. The van der Waals surface area contributed by atoms with Gasteiger partial charge < -0.3 is 14.8 Å². The minimum atomic E-state index is -0.198. The van der Waals surface area contributed by atoms with Gasteiger partial charge in [0.1, 0.15) is 11.4 Å². The van der Waals surface area contributed by atoms with Crippen molar-refractivity contribution in [2.75, 3.05) is 20.3 Å². The number of fused-ring (bicyclic) bond motifs is 1. The zero-order valence-corrected chi connectivity index (χ0v) is 11.7. The van der Waals surface area contributed by atoms with Gasteiger partial charge in [-0.1, -0.05) is 25.1 Å². The van der Waals surface area contributed by atoms with Crippen LogP contribution in [0.4, 0.5) is 0 Å². The first-order valence-corrected chi connectivity index (χ1v) is 6.55. The second-order valence-electron chi connectivity index (χ2n) is 5.65. The van der Waals surface area contributed by atoms with E-state index >= 15 is 0 Å². The normalized spacial score (nSPS) is 22.3. The van der Waals surface area contributed by atoms with Gasteiger partial charge in [-0.15, -0.1) is 0 Å². The van der Waals surface area contributed by atoms with E-state index in [1.807, 2.05) is 12.1 Å². The molecule has 1 aliphatic heterocycles. The van der Waals surface area contributed by atoms with Gasteiger partial charge in [0.2, 0.25) is 0 Å². The molecular formula is C15H23NO2. The fourth-order valence-corrected chi connectivity index (χ4v) is 2.55. The summed E-state index contributed by atoms with van der Waals surface area (Å²) in [5.74, 6) is 1.50. The Morgan fingerprint density at radius 3 is 2.83 bits per heavy atom. The van der Waals surface area contributed by atoms with E-state index in [9.17, 15) is 0 Å². The molecule has 3 heteroatoms. The maximum Gasteiger partial charge on any atom is 0.125 e. The number of rotatable bonds is 5. The van der Waals surface area contributed by atoms with Crippen LogP contribution in [0.25, 0.3) is 0 Å². The van der Waals surface area contributed by atoms with E-state index in [2.05, 4.69) is 38.2 Å². The van der Waals surface area contributed by atoms with Crippen molar-refractivity contribution in [1.29, 1.82) is 0 Å². The second kappa shape index (κ2) is 5.29. The van der Waals surface area contributed by atoms with E-state index in [1.165, 1.54) is 5.56 Å². The Morgan fingerprint density at radius 1 is 1.39 bits per heavy atom. The van der Waals surface area contributed by atoms with Crippen LogP contribution in [0.3, 0.4) is 0 Å². The lowest BCUT2D eigenvalue weighted by molar-refractivity contribution is 0.0902. The maximum absolute atomic E-state index is 6.01. The van der Waals surface area contributed by atoms with Gasteiger partial charge in [-0.05, 0) is 25.8 Å². The average Bonchev–Trinajstić information content (AvgIpc) is 2.56. The van der Waals surface area contributed by atoms with Crippen molar-refractivity contribution in [2.45, 2.75) is 32.4 Å². The van der Waals surface area contributed by atoms with Gasteiger partial charge in [0.05, 0.1) is 6.04 Å². The van der Waals surface area contributed by atoms with E-state index in [0.717, 1.165) is 18.9 Å². The maximum atomic E-state index is 6.01. The molecule has 18 heavy (non-hydrogen) atoms. The molecule has 1 aromatic rings. The first kappa shape index (κ1) is 13.4. The van der Waals surface area contributed by atoms with Crippen molar-refractivity contribution in [3.05, 3.63) is 29.8 Å². The molecule has 0 aromatic heterocycles. The third-order valence-electron chi connectivity index (χ3n) is 3.42. The molecule has 2 atom stereocenters. The van der Waals surface area contributed by atoms with Crippen molar-refractivity contribution in [2.24, 2.45) is 5.92 Å². The van der Waals surface area contributed by atoms with Crippen LogP contribution in [0.1, 0.15) is 32.4 Å². The Morgan fingerprint density at radius 2 is 2.11 bits per heavy atom. The summed E-state index contributed by atoms with van der Waals surface area (Å²) in [6.45, 7) is 8.16. The van der Waals surface area contributed by atoms with Gasteiger partial charge in [0, 0.05) is 25.8 Å². The molecule has 0 saturated carbocycles. The van der Waals surface area contributed by atoms with Gasteiger partial charge in [-0.3, -0.25) is 0 Å². The highest BCUT2D eigenvalue weighted by Gasteiger charge is 2.40. The zero-order chi connectivity index (χ0) is 13.2. The smallest absolute Gasteiger partial charge is 0.125 e. The Labute approximate surface area is 109 Å². The Bertz CT molecular complexity index is 403. The highest BCUT2D eigenvalue weighted by Crippen LogP contribution is 2.42. The number of nitrogens with one attached hydrogen (secondary N) is 1. The number of hydrogen-bond acceptors (Lipinski definition) is 3. The minimum Gasteiger partial charge on any atom is -0.486 e. The molecule has 1 aliphatic rings. The lowest BCUT2D eigenvalue weighted by atomic mass is 9.94. The van der Waals surface area contributed by atoms with E-state index < -0.39 is 0 Å².